The number of alkyl halides is 3. The van der Waals surface area contributed by atoms with E-state index in [-0.39, 0.29) is 4.33 Å². The Morgan fingerprint density at radius 1 is 0.818 bits per heavy atom. The minimum atomic E-state index is -0.375. The molecule has 0 nitrogen and oxygen atoms in total. The van der Waals surface area contributed by atoms with Gasteiger partial charge in [-0.15, -0.1) is 34.8 Å². The lowest BCUT2D eigenvalue weighted by Gasteiger charge is -2.46. The Bertz CT molecular complexity index is 242. The van der Waals surface area contributed by atoms with E-state index in [9.17, 15) is 0 Å². The van der Waals surface area contributed by atoms with Gasteiger partial charge in [0, 0.05) is 17.2 Å². The zero-order valence-electron chi connectivity index (χ0n) is 5.68. The highest BCUT2D eigenvalue weighted by Gasteiger charge is 2.91. The maximum Gasteiger partial charge on any atom is 0.125 e. The van der Waals surface area contributed by atoms with E-state index in [1.165, 1.54) is 0 Å². The number of hydrogen-bond acceptors (Lipinski definition) is 0. The van der Waals surface area contributed by atoms with Crippen molar-refractivity contribution >= 4 is 34.8 Å². The Hall–Kier alpha value is 0.870. The van der Waals surface area contributed by atoms with Crippen LogP contribution in [0.5, 0.6) is 0 Å². The van der Waals surface area contributed by atoms with Gasteiger partial charge in [-0.3, -0.25) is 0 Å². The molecule has 5 fully saturated rings. The van der Waals surface area contributed by atoms with E-state index < -0.39 is 0 Å². The van der Waals surface area contributed by atoms with Crippen LogP contribution in [0, 0.1) is 35.5 Å². The summed E-state index contributed by atoms with van der Waals surface area (Å²) < 4.78 is -0.375. The standard InChI is InChI=1S/C8H7Cl3/c9-7-3-1-2(3)6-4(7)5(1)8(6,10)11/h1-7H. The first-order chi connectivity index (χ1) is 5.15. The highest BCUT2D eigenvalue weighted by molar-refractivity contribution is 6.50. The topological polar surface area (TPSA) is 0 Å². The van der Waals surface area contributed by atoms with Crippen molar-refractivity contribution in [2.45, 2.75) is 9.71 Å². The van der Waals surface area contributed by atoms with Gasteiger partial charge in [0.15, 0.2) is 0 Å². The highest BCUT2D eigenvalue weighted by Crippen LogP contribution is 2.90. The molecule has 0 amide bonds. The van der Waals surface area contributed by atoms with Gasteiger partial charge in [-0.05, 0) is 23.7 Å². The summed E-state index contributed by atoms with van der Waals surface area (Å²) in [5.74, 6) is 4.26. The van der Waals surface area contributed by atoms with Crippen LogP contribution in [-0.2, 0) is 0 Å². The zero-order valence-corrected chi connectivity index (χ0v) is 7.94. The number of halogens is 3. The molecule has 5 aliphatic carbocycles. The molecule has 5 rings (SSSR count). The highest BCUT2D eigenvalue weighted by atomic mass is 35.5. The second kappa shape index (κ2) is 1.36. The van der Waals surface area contributed by atoms with E-state index in [1.807, 2.05) is 0 Å². The fourth-order valence-corrected chi connectivity index (χ4v) is 6.10. The smallest absolute Gasteiger partial charge is 0.122 e. The first-order valence-corrected chi connectivity index (χ1v) is 5.37. The first-order valence-electron chi connectivity index (χ1n) is 4.17. The molecular weight excluding hydrogens is 202 g/mol. The van der Waals surface area contributed by atoms with Gasteiger partial charge < -0.3 is 0 Å². The molecule has 0 heterocycles. The normalized spacial score (nSPS) is 78.3. The summed E-state index contributed by atoms with van der Waals surface area (Å²) in [5, 5.41) is 0.422. The van der Waals surface area contributed by atoms with E-state index >= 15 is 0 Å². The third kappa shape index (κ3) is 0.389. The predicted octanol–water partition coefficient (Wildman–Crippen LogP) is 2.52. The second-order valence-corrected chi connectivity index (χ2v) is 6.43. The van der Waals surface area contributed by atoms with Crippen LogP contribution in [-0.4, -0.2) is 9.71 Å². The average Bonchev–Trinajstić information content (AvgIpc) is 2.30. The molecule has 0 N–H and O–H groups in total. The Kier molecular flexibility index (Phi) is 0.786. The van der Waals surface area contributed by atoms with E-state index in [0.717, 1.165) is 17.8 Å². The van der Waals surface area contributed by atoms with Gasteiger partial charge in [0.05, 0.1) is 0 Å². The molecule has 0 aromatic rings. The van der Waals surface area contributed by atoms with Crippen molar-refractivity contribution in [2.24, 2.45) is 35.5 Å². The summed E-state index contributed by atoms with van der Waals surface area (Å²) in [7, 11) is 0. The van der Waals surface area contributed by atoms with Crippen molar-refractivity contribution in [3.05, 3.63) is 0 Å². The van der Waals surface area contributed by atoms with Crippen LogP contribution in [0.1, 0.15) is 0 Å². The van der Waals surface area contributed by atoms with Gasteiger partial charge in [0.25, 0.3) is 0 Å². The maximum atomic E-state index is 6.23. The fourth-order valence-electron chi connectivity index (χ4n) is 4.29. The Balaban J connectivity index is 1.90. The second-order valence-electron chi connectivity index (χ2n) is 4.48. The maximum absolute atomic E-state index is 6.23. The van der Waals surface area contributed by atoms with Crippen molar-refractivity contribution in [2.75, 3.05) is 0 Å². The minimum absolute atomic E-state index is 0.375. The quantitative estimate of drug-likeness (QED) is 0.538. The molecule has 6 bridgehead atoms. The summed E-state index contributed by atoms with van der Waals surface area (Å²) in [5.41, 5.74) is 0. The first kappa shape index (κ1) is 6.34. The van der Waals surface area contributed by atoms with Crippen LogP contribution in [0.4, 0.5) is 0 Å². The Labute approximate surface area is 80.2 Å². The Morgan fingerprint density at radius 2 is 1.36 bits per heavy atom. The lowest BCUT2D eigenvalue weighted by Crippen LogP contribution is -2.49. The van der Waals surface area contributed by atoms with E-state index in [0.29, 0.717) is 23.1 Å². The molecule has 0 aromatic heterocycles. The van der Waals surface area contributed by atoms with Crippen LogP contribution in [0.2, 0.25) is 0 Å². The molecule has 5 saturated carbocycles. The number of hydrogen-bond donors (Lipinski definition) is 0. The van der Waals surface area contributed by atoms with Crippen LogP contribution >= 0.6 is 34.8 Å². The van der Waals surface area contributed by atoms with Gasteiger partial charge in [0.2, 0.25) is 0 Å². The summed E-state index contributed by atoms with van der Waals surface area (Å²) in [4.78, 5) is 0. The van der Waals surface area contributed by atoms with Gasteiger partial charge in [-0.2, -0.15) is 0 Å². The van der Waals surface area contributed by atoms with Gasteiger partial charge in [-0.25, -0.2) is 0 Å². The van der Waals surface area contributed by atoms with Crippen LogP contribution in [0.25, 0.3) is 0 Å². The van der Waals surface area contributed by atoms with Crippen LogP contribution in [0.3, 0.4) is 0 Å². The summed E-state index contributed by atoms with van der Waals surface area (Å²) >= 11 is 18.6. The van der Waals surface area contributed by atoms with E-state index in [4.69, 9.17) is 34.8 Å². The van der Waals surface area contributed by atoms with Gasteiger partial charge in [-0.1, -0.05) is 0 Å². The molecule has 11 heavy (non-hydrogen) atoms. The largest absolute Gasteiger partial charge is 0.125 e. The van der Waals surface area contributed by atoms with Gasteiger partial charge in [0.1, 0.15) is 4.33 Å². The monoisotopic (exact) mass is 208 g/mol. The molecular formula is C8H7Cl3. The Morgan fingerprint density at radius 3 is 1.64 bits per heavy atom. The molecule has 0 aliphatic heterocycles. The molecule has 5 aliphatic rings. The lowest BCUT2D eigenvalue weighted by atomic mass is 9.72. The van der Waals surface area contributed by atoms with E-state index in [2.05, 4.69) is 0 Å². The summed E-state index contributed by atoms with van der Waals surface area (Å²) in [6.07, 6.45) is 0. The van der Waals surface area contributed by atoms with Crippen LogP contribution in [0.15, 0.2) is 0 Å². The van der Waals surface area contributed by atoms with Crippen molar-refractivity contribution in [1.29, 1.82) is 0 Å². The minimum Gasteiger partial charge on any atom is -0.122 e. The van der Waals surface area contributed by atoms with Crippen molar-refractivity contribution < 1.29 is 0 Å². The third-order valence-electron chi connectivity index (χ3n) is 4.48. The molecule has 0 radical (unpaired) electrons. The van der Waals surface area contributed by atoms with Crippen molar-refractivity contribution in [3.63, 3.8) is 0 Å². The molecule has 60 valence electrons. The zero-order chi connectivity index (χ0) is 7.54. The molecule has 0 aromatic carbocycles. The molecule has 5 unspecified atom stereocenters. The molecule has 0 spiro atoms. The molecule has 0 saturated heterocycles. The third-order valence-corrected chi connectivity index (χ3v) is 6.07. The van der Waals surface area contributed by atoms with Gasteiger partial charge >= 0.3 is 0 Å². The lowest BCUT2D eigenvalue weighted by molar-refractivity contribution is 0.151. The summed E-state index contributed by atoms with van der Waals surface area (Å²) in [6, 6.07) is 0. The average molecular weight is 210 g/mol. The van der Waals surface area contributed by atoms with E-state index in [1.54, 1.807) is 0 Å². The summed E-state index contributed by atoms with van der Waals surface area (Å²) in [6.45, 7) is 0. The SMILES string of the molecule is ClC1C2C3C2C2C1C3C2(Cl)Cl. The van der Waals surface area contributed by atoms with Crippen molar-refractivity contribution in [3.8, 4) is 0 Å². The fraction of sp³-hybridized carbons (Fsp3) is 1.00. The van der Waals surface area contributed by atoms with Crippen molar-refractivity contribution in [1.82, 2.24) is 0 Å². The van der Waals surface area contributed by atoms with Crippen LogP contribution < -0.4 is 0 Å². The molecule has 5 atom stereocenters. The molecule has 3 heteroatoms. The number of rotatable bonds is 0. The predicted molar refractivity (Wildman–Crippen MR) is 45.0 cm³/mol.